The van der Waals surface area contributed by atoms with Crippen LogP contribution in [0.25, 0.3) is 22.2 Å². The standard InChI is InChI=1S/C22H24N2O3S/c25-19(12-15-23-13-6-1-7-14-23)21-16-8-2-4-10-18(16)24-22(21)17-9-3-5-11-20(17)28(24,26)27/h2-5,8-11,19,25H,1,6-7,12-15H2. The second-order valence-electron chi connectivity index (χ2n) is 7.75. The highest BCUT2D eigenvalue weighted by molar-refractivity contribution is 7.90. The number of fused-ring (bicyclic) bond motifs is 5. The van der Waals surface area contributed by atoms with Crippen LogP contribution in [0.1, 0.15) is 37.4 Å². The minimum absolute atomic E-state index is 0.320. The summed E-state index contributed by atoms with van der Waals surface area (Å²) in [5.74, 6) is 0. The van der Waals surface area contributed by atoms with Gasteiger partial charge < -0.3 is 10.0 Å². The van der Waals surface area contributed by atoms with Crippen LogP contribution in [0.5, 0.6) is 0 Å². The monoisotopic (exact) mass is 396 g/mol. The van der Waals surface area contributed by atoms with Gasteiger partial charge in [-0.3, -0.25) is 0 Å². The number of rotatable bonds is 4. The molecule has 0 radical (unpaired) electrons. The lowest BCUT2D eigenvalue weighted by molar-refractivity contribution is 0.135. The number of hydrogen-bond donors (Lipinski definition) is 1. The van der Waals surface area contributed by atoms with Gasteiger partial charge in [0.15, 0.2) is 0 Å². The molecule has 28 heavy (non-hydrogen) atoms. The molecule has 1 N–H and O–H groups in total. The second-order valence-corrected chi connectivity index (χ2v) is 9.51. The zero-order valence-corrected chi connectivity index (χ0v) is 16.5. The molecule has 2 aliphatic rings. The number of likely N-dealkylation sites (tertiary alicyclic amines) is 1. The summed E-state index contributed by atoms with van der Waals surface area (Å²) >= 11 is 0. The number of para-hydroxylation sites is 1. The smallest absolute Gasteiger partial charge is 0.269 e. The molecule has 0 amide bonds. The predicted molar refractivity (Wildman–Crippen MR) is 110 cm³/mol. The first-order chi connectivity index (χ1) is 13.6. The molecule has 1 aromatic heterocycles. The molecular formula is C22H24N2O3S. The van der Waals surface area contributed by atoms with Crippen LogP contribution in [0.15, 0.2) is 53.4 Å². The Balaban J connectivity index is 1.63. The molecule has 146 valence electrons. The highest BCUT2D eigenvalue weighted by Gasteiger charge is 2.38. The first-order valence-corrected chi connectivity index (χ1v) is 11.4. The molecule has 0 spiro atoms. The van der Waals surface area contributed by atoms with Gasteiger partial charge in [-0.05, 0) is 44.5 Å². The summed E-state index contributed by atoms with van der Waals surface area (Å²) in [5, 5.41) is 12.0. The van der Waals surface area contributed by atoms with Crippen LogP contribution >= 0.6 is 0 Å². The fourth-order valence-electron chi connectivity index (χ4n) is 4.70. The van der Waals surface area contributed by atoms with E-state index >= 15 is 0 Å². The third-order valence-corrected chi connectivity index (χ3v) is 7.80. The topological polar surface area (TPSA) is 62.5 Å². The highest BCUT2D eigenvalue weighted by Crippen LogP contribution is 2.47. The Labute approximate surface area is 165 Å². The molecule has 1 unspecified atom stereocenters. The summed E-state index contributed by atoms with van der Waals surface area (Å²) in [6.45, 7) is 2.99. The molecule has 1 fully saturated rings. The molecule has 5 nitrogen and oxygen atoms in total. The van der Waals surface area contributed by atoms with Gasteiger partial charge in [-0.25, -0.2) is 12.4 Å². The zero-order chi connectivity index (χ0) is 19.3. The summed E-state index contributed by atoms with van der Waals surface area (Å²) in [6, 6.07) is 14.6. The lowest BCUT2D eigenvalue weighted by Gasteiger charge is -2.27. The zero-order valence-electron chi connectivity index (χ0n) is 15.7. The average molecular weight is 397 g/mol. The van der Waals surface area contributed by atoms with Crippen LogP contribution in [0, 0.1) is 0 Å². The fourth-order valence-corrected chi connectivity index (χ4v) is 6.44. The maximum absolute atomic E-state index is 13.2. The van der Waals surface area contributed by atoms with Crippen molar-refractivity contribution in [3.63, 3.8) is 0 Å². The van der Waals surface area contributed by atoms with Gasteiger partial charge >= 0.3 is 0 Å². The van der Waals surface area contributed by atoms with E-state index in [1.54, 1.807) is 12.1 Å². The van der Waals surface area contributed by atoms with Gasteiger partial charge in [0.2, 0.25) is 0 Å². The second kappa shape index (κ2) is 6.72. The van der Waals surface area contributed by atoms with Crippen molar-refractivity contribution < 1.29 is 13.5 Å². The Hall–Kier alpha value is -2.15. The Kier molecular flexibility index (Phi) is 4.30. The number of aromatic nitrogens is 1. The molecule has 5 rings (SSSR count). The fraction of sp³-hybridized carbons (Fsp3) is 0.364. The molecule has 0 bridgehead atoms. The van der Waals surface area contributed by atoms with E-state index in [-0.39, 0.29) is 0 Å². The van der Waals surface area contributed by atoms with Gasteiger partial charge in [0.05, 0.1) is 22.2 Å². The average Bonchev–Trinajstić information content (AvgIpc) is 3.19. The Morgan fingerprint density at radius 3 is 2.50 bits per heavy atom. The van der Waals surface area contributed by atoms with Crippen LogP contribution in [-0.4, -0.2) is 42.0 Å². The third-order valence-electron chi connectivity index (χ3n) is 6.03. The van der Waals surface area contributed by atoms with Gasteiger partial charge in [0.1, 0.15) is 0 Å². The van der Waals surface area contributed by atoms with Crippen molar-refractivity contribution in [2.24, 2.45) is 0 Å². The summed E-state index contributed by atoms with van der Waals surface area (Å²) < 4.78 is 27.8. The maximum Gasteiger partial charge on any atom is 0.269 e. The molecule has 2 aliphatic heterocycles. The number of hydrogen-bond acceptors (Lipinski definition) is 4. The van der Waals surface area contributed by atoms with Crippen molar-refractivity contribution in [3.8, 4) is 11.3 Å². The number of benzene rings is 2. The molecular weight excluding hydrogens is 372 g/mol. The van der Waals surface area contributed by atoms with Crippen molar-refractivity contribution >= 4 is 20.9 Å². The van der Waals surface area contributed by atoms with Crippen LogP contribution < -0.4 is 0 Å². The quantitative estimate of drug-likeness (QED) is 0.570. The van der Waals surface area contributed by atoms with Crippen molar-refractivity contribution in [1.29, 1.82) is 0 Å². The van der Waals surface area contributed by atoms with Crippen molar-refractivity contribution in [1.82, 2.24) is 8.87 Å². The van der Waals surface area contributed by atoms with Gasteiger partial charge in [-0.1, -0.05) is 42.8 Å². The van der Waals surface area contributed by atoms with E-state index in [4.69, 9.17) is 0 Å². The van der Waals surface area contributed by atoms with Crippen molar-refractivity contribution in [3.05, 3.63) is 54.1 Å². The minimum Gasteiger partial charge on any atom is -0.388 e. The van der Waals surface area contributed by atoms with Crippen LogP contribution in [0.2, 0.25) is 0 Å². The molecule has 0 aliphatic carbocycles. The summed E-state index contributed by atoms with van der Waals surface area (Å²) in [4.78, 5) is 2.72. The summed E-state index contributed by atoms with van der Waals surface area (Å²) in [5.41, 5.74) is 2.69. The van der Waals surface area contributed by atoms with Gasteiger partial charge in [0.25, 0.3) is 10.0 Å². The van der Waals surface area contributed by atoms with E-state index in [1.165, 1.54) is 23.2 Å². The lowest BCUT2D eigenvalue weighted by Crippen LogP contribution is -2.31. The van der Waals surface area contributed by atoms with Gasteiger partial charge in [-0.2, -0.15) is 0 Å². The van der Waals surface area contributed by atoms with E-state index in [0.717, 1.165) is 30.6 Å². The minimum atomic E-state index is -3.64. The normalized spacial score (nSPS) is 19.5. The molecule has 0 saturated carbocycles. The number of aliphatic hydroxyl groups excluding tert-OH is 1. The molecule has 1 saturated heterocycles. The third kappa shape index (κ3) is 2.63. The molecule has 6 heteroatoms. The van der Waals surface area contributed by atoms with Crippen LogP contribution in [0.3, 0.4) is 0 Å². The summed E-state index contributed by atoms with van der Waals surface area (Å²) in [7, 11) is -3.64. The van der Waals surface area contributed by atoms with E-state index in [1.807, 2.05) is 36.4 Å². The lowest BCUT2D eigenvalue weighted by atomic mass is 9.98. The summed E-state index contributed by atoms with van der Waals surface area (Å²) in [6.07, 6.45) is 3.61. The van der Waals surface area contributed by atoms with Gasteiger partial charge in [-0.15, -0.1) is 0 Å². The van der Waals surface area contributed by atoms with E-state index in [9.17, 15) is 13.5 Å². The molecule has 3 aromatic rings. The van der Waals surface area contributed by atoms with Crippen molar-refractivity contribution in [2.45, 2.75) is 36.7 Å². The van der Waals surface area contributed by atoms with Gasteiger partial charge in [0, 0.05) is 23.1 Å². The Morgan fingerprint density at radius 1 is 0.964 bits per heavy atom. The van der Waals surface area contributed by atoms with E-state index in [2.05, 4.69) is 4.90 Å². The van der Waals surface area contributed by atoms with Crippen LogP contribution in [-0.2, 0) is 10.0 Å². The maximum atomic E-state index is 13.2. The Bertz CT molecular complexity index is 1140. The predicted octanol–water partition coefficient (Wildman–Crippen LogP) is 3.77. The first kappa shape index (κ1) is 17.9. The number of aliphatic hydroxyl groups is 1. The first-order valence-electron chi connectivity index (χ1n) is 9.98. The number of piperidine rings is 1. The largest absolute Gasteiger partial charge is 0.388 e. The SMILES string of the molecule is O=S1(=O)c2ccccc2-c2c(C(O)CCN3CCCCC3)c3ccccc3n21. The molecule has 1 atom stereocenters. The number of nitrogens with zero attached hydrogens (tertiary/aromatic N) is 2. The van der Waals surface area contributed by atoms with Crippen LogP contribution in [0.4, 0.5) is 0 Å². The molecule has 3 heterocycles. The molecule has 2 aromatic carbocycles. The van der Waals surface area contributed by atoms with E-state index < -0.39 is 16.1 Å². The van der Waals surface area contributed by atoms with Crippen molar-refractivity contribution in [2.75, 3.05) is 19.6 Å². The Morgan fingerprint density at radius 2 is 1.68 bits per heavy atom. The van der Waals surface area contributed by atoms with E-state index in [0.29, 0.717) is 28.1 Å². The highest BCUT2D eigenvalue weighted by atomic mass is 32.2.